The Morgan fingerprint density at radius 3 is 1.96 bits per heavy atom. The van der Waals surface area contributed by atoms with E-state index in [2.05, 4.69) is 0 Å². The van der Waals surface area contributed by atoms with Crippen molar-refractivity contribution in [3.8, 4) is 0 Å². The number of carbonyl (C=O) groups excluding carboxylic acids is 2. The molecule has 0 N–H and O–H groups in total. The van der Waals surface area contributed by atoms with Crippen LogP contribution in [-0.4, -0.2) is 32.3 Å². The van der Waals surface area contributed by atoms with E-state index in [1.165, 1.54) is 0 Å². The average Bonchev–Trinajstić information content (AvgIpc) is 2.43. The van der Waals surface area contributed by atoms with E-state index in [4.69, 9.17) is 7.85 Å². The summed E-state index contributed by atoms with van der Waals surface area (Å²) in [6.45, 7) is 0.207. The third-order valence-electron chi connectivity index (χ3n) is 2.96. The van der Waals surface area contributed by atoms with Gasteiger partial charge in [-0.25, -0.2) is 0 Å². The predicted molar refractivity (Wildman–Crippen MR) is 76.8 cm³/mol. The lowest BCUT2D eigenvalue weighted by Gasteiger charge is -2.41. The Bertz CT molecular complexity index is 716. The topological polar surface area (TPSA) is 37.4 Å². The standard InChI is InChI=1S/C12H10BF8NO2S/c1-2-22(11(24)12(14,15)16)8-3-7(10(23)6-13)4-9(5-8)25(17,18,19,20)21/h3-5H,2,6H2,1H3. The Morgan fingerprint density at radius 1 is 1.08 bits per heavy atom. The number of hydrogen-bond acceptors (Lipinski definition) is 2. The average molecular weight is 395 g/mol. The second-order valence-corrected chi connectivity index (χ2v) is 7.27. The van der Waals surface area contributed by atoms with E-state index in [9.17, 15) is 42.2 Å². The van der Waals surface area contributed by atoms with E-state index in [1.807, 2.05) is 0 Å². The van der Waals surface area contributed by atoms with E-state index in [-0.39, 0.29) is 17.0 Å². The summed E-state index contributed by atoms with van der Waals surface area (Å²) in [5.41, 5.74) is -2.14. The van der Waals surface area contributed by atoms with Gasteiger partial charge in [0, 0.05) is 17.8 Å². The molecule has 1 aromatic rings. The molecular formula is C12H10BF8NO2S. The fraction of sp³-hybridized carbons (Fsp3) is 0.333. The van der Waals surface area contributed by atoms with Crippen molar-refractivity contribution in [2.45, 2.75) is 24.3 Å². The smallest absolute Gasteiger partial charge is 0.305 e. The fourth-order valence-corrected chi connectivity index (χ4v) is 2.53. The van der Waals surface area contributed by atoms with Gasteiger partial charge >= 0.3 is 22.3 Å². The number of anilines is 1. The van der Waals surface area contributed by atoms with Crippen molar-refractivity contribution >= 4 is 35.4 Å². The summed E-state index contributed by atoms with van der Waals surface area (Å²) in [7, 11) is -5.38. The van der Waals surface area contributed by atoms with Crippen molar-refractivity contribution in [3.05, 3.63) is 23.8 Å². The first-order valence-corrected chi connectivity index (χ1v) is 8.37. The van der Waals surface area contributed by atoms with Crippen LogP contribution in [0.5, 0.6) is 0 Å². The zero-order valence-electron chi connectivity index (χ0n) is 12.4. The van der Waals surface area contributed by atoms with E-state index in [0.29, 0.717) is 6.07 Å². The van der Waals surface area contributed by atoms with Gasteiger partial charge in [0.2, 0.25) is 0 Å². The van der Waals surface area contributed by atoms with Gasteiger partial charge in [-0.3, -0.25) is 9.59 Å². The molecule has 0 saturated carbocycles. The first kappa shape index (κ1) is 21.3. The van der Waals surface area contributed by atoms with Gasteiger partial charge in [-0.15, -0.1) is 0 Å². The summed E-state index contributed by atoms with van der Waals surface area (Å²) < 4.78 is 103. The molecule has 0 aliphatic carbocycles. The summed E-state index contributed by atoms with van der Waals surface area (Å²) in [5, 5.41) is 0. The first-order chi connectivity index (χ1) is 10.9. The number of halogens is 8. The van der Waals surface area contributed by atoms with Gasteiger partial charge in [0.25, 0.3) is 0 Å². The number of amides is 1. The third-order valence-corrected chi connectivity index (χ3v) is 4.09. The molecule has 140 valence electrons. The minimum atomic E-state index is -10.3. The molecule has 0 aliphatic rings. The number of rotatable bonds is 5. The van der Waals surface area contributed by atoms with Crippen LogP contribution in [0.15, 0.2) is 23.1 Å². The van der Waals surface area contributed by atoms with Crippen LogP contribution in [0.25, 0.3) is 0 Å². The minimum absolute atomic E-state index is 0.194. The molecule has 3 nitrogen and oxygen atoms in total. The van der Waals surface area contributed by atoms with Crippen LogP contribution in [0.3, 0.4) is 0 Å². The van der Waals surface area contributed by atoms with Crippen molar-refractivity contribution in [2.24, 2.45) is 0 Å². The van der Waals surface area contributed by atoms with Gasteiger partial charge in [-0.05, 0) is 31.4 Å². The molecule has 1 aromatic carbocycles. The summed E-state index contributed by atoms with van der Waals surface area (Å²) in [5.74, 6) is -3.79. The van der Waals surface area contributed by atoms with Gasteiger partial charge in [-0.2, -0.15) is 13.2 Å². The molecule has 0 atom stereocenters. The van der Waals surface area contributed by atoms with Gasteiger partial charge in [0.1, 0.15) is 4.90 Å². The minimum Gasteiger partial charge on any atom is -0.305 e. The lowest BCUT2D eigenvalue weighted by molar-refractivity contribution is -0.170. The van der Waals surface area contributed by atoms with Crippen molar-refractivity contribution in [1.29, 1.82) is 0 Å². The SMILES string of the molecule is [B]CC(=O)c1cc(N(CC)C(=O)C(F)(F)F)cc(S(F)(F)(F)(F)F)c1. The highest BCUT2D eigenvalue weighted by Crippen LogP contribution is 3.02. The van der Waals surface area contributed by atoms with Gasteiger partial charge < -0.3 is 4.90 Å². The van der Waals surface area contributed by atoms with Crippen molar-refractivity contribution < 1.29 is 42.2 Å². The molecule has 0 spiro atoms. The van der Waals surface area contributed by atoms with E-state index < -0.39 is 57.1 Å². The number of ketones is 1. The number of hydrogen-bond donors (Lipinski definition) is 0. The normalized spacial score (nSPS) is 15.2. The molecule has 0 heterocycles. The highest BCUT2D eigenvalue weighted by molar-refractivity contribution is 8.45. The summed E-state index contributed by atoms with van der Waals surface area (Å²) >= 11 is 0. The van der Waals surface area contributed by atoms with E-state index in [0.717, 1.165) is 6.92 Å². The Morgan fingerprint density at radius 2 is 1.60 bits per heavy atom. The molecule has 0 saturated heterocycles. The second-order valence-electron chi connectivity index (χ2n) is 4.86. The largest absolute Gasteiger partial charge is 0.471 e. The summed E-state index contributed by atoms with van der Waals surface area (Å²) in [6, 6.07) is -0.0382. The van der Waals surface area contributed by atoms with E-state index >= 15 is 0 Å². The van der Waals surface area contributed by atoms with Crippen LogP contribution in [0.1, 0.15) is 17.3 Å². The highest BCUT2D eigenvalue weighted by atomic mass is 32.5. The second kappa shape index (κ2) is 5.61. The van der Waals surface area contributed by atoms with Crippen molar-refractivity contribution in [2.75, 3.05) is 11.4 Å². The van der Waals surface area contributed by atoms with Crippen LogP contribution < -0.4 is 4.90 Å². The third kappa shape index (κ3) is 5.09. The highest BCUT2D eigenvalue weighted by Gasteiger charge is 2.65. The number of nitrogens with zero attached hydrogens (tertiary/aromatic N) is 1. The number of carbonyl (C=O) groups is 2. The molecule has 1 rings (SSSR count). The van der Waals surface area contributed by atoms with Crippen molar-refractivity contribution in [3.63, 3.8) is 0 Å². The van der Waals surface area contributed by atoms with Crippen molar-refractivity contribution in [1.82, 2.24) is 0 Å². The fourth-order valence-electron chi connectivity index (χ4n) is 1.84. The monoisotopic (exact) mass is 395 g/mol. The predicted octanol–water partition coefficient (Wildman–Crippen LogP) is 5.03. The zero-order valence-corrected chi connectivity index (χ0v) is 13.2. The zero-order chi connectivity index (χ0) is 19.9. The van der Waals surface area contributed by atoms with Crippen LogP contribution >= 0.6 is 10.2 Å². The van der Waals surface area contributed by atoms with Gasteiger partial charge in [-0.1, -0.05) is 19.4 Å². The maximum atomic E-state index is 13.0. The molecule has 0 aromatic heterocycles. The Kier molecular flexibility index (Phi) is 4.77. The lowest BCUT2D eigenvalue weighted by Crippen LogP contribution is -2.41. The van der Waals surface area contributed by atoms with E-state index in [1.54, 1.807) is 0 Å². The lowest BCUT2D eigenvalue weighted by atomic mass is 9.95. The summed E-state index contributed by atoms with van der Waals surface area (Å²) in [4.78, 5) is 20.0. The first-order valence-electron chi connectivity index (χ1n) is 6.42. The van der Waals surface area contributed by atoms with Crippen LogP contribution in [0, 0.1) is 0 Å². The molecular weight excluding hydrogens is 385 g/mol. The maximum Gasteiger partial charge on any atom is 0.471 e. The molecule has 0 unspecified atom stereocenters. The van der Waals surface area contributed by atoms with Crippen LogP contribution in [0.4, 0.5) is 38.3 Å². The Balaban J connectivity index is 3.72. The number of alkyl halides is 3. The number of benzene rings is 1. The molecule has 13 heteroatoms. The molecule has 1 amide bonds. The Hall–Kier alpha value is -1.79. The summed E-state index contributed by atoms with van der Waals surface area (Å²) in [6.07, 6.45) is -6.33. The quantitative estimate of drug-likeness (QED) is 0.399. The molecule has 25 heavy (non-hydrogen) atoms. The van der Waals surface area contributed by atoms with Crippen LogP contribution in [-0.2, 0) is 4.79 Å². The maximum absolute atomic E-state index is 13.0. The molecule has 0 fully saturated rings. The molecule has 0 bridgehead atoms. The Labute approximate surface area is 138 Å². The molecule has 2 radical (unpaired) electrons. The van der Waals surface area contributed by atoms with Gasteiger partial charge in [0.15, 0.2) is 5.78 Å². The number of Topliss-reactive ketones (excluding diaryl/α,β-unsaturated/α-hetero) is 1. The van der Waals surface area contributed by atoms with Crippen LogP contribution in [0.2, 0.25) is 6.32 Å². The molecule has 0 aliphatic heterocycles. The van der Waals surface area contributed by atoms with Gasteiger partial charge in [0.05, 0.1) is 7.85 Å².